The molecule has 3 rings (SSSR count). The minimum absolute atomic E-state index is 0.0507. The lowest BCUT2D eigenvalue weighted by atomic mass is 9.98. The van der Waals surface area contributed by atoms with Crippen LogP contribution in [0.3, 0.4) is 0 Å². The van der Waals surface area contributed by atoms with Gasteiger partial charge in [0.05, 0.1) is 12.0 Å². The second-order valence-electron chi connectivity index (χ2n) is 6.48. The largest absolute Gasteiger partial charge is 0.548 e. The average molecular weight is 352 g/mol. The highest BCUT2D eigenvalue weighted by Crippen LogP contribution is 2.44. The second-order valence-corrected chi connectivity index (χ2v) is 6.48. The maximum Gasteiger partial charge on any atom is 0.407 e. The first-order valence-electron chi connectivity index (χ1n) is 8.94. The van der Waals surface area contributed by atoms with Gasteiger partial charge >= 0.3 is 6.09 Å². The van der Waals surface area contributed by atoms with Gasteiger partial charge in [-0.2, -0.15) is 0 Å². The van der Waals surface area contributed by atoms with Gasteiger partial charge < -0.3 is 20.0 Å². The molecule has 0 aliphatic heterocycles. The molecule has 0 bridgehead atoms. The summed E-state index contributed by atoms with van der Waals surface area (Å²) in [4.78, 5) is 23.2. The number of carboxylic acids is 1. The summed E-state index contributed by atoms with van der Waals surface area (Å²) in [7, 11) is 0. The van der Waals surface area contributed by atoms with Crippen molar-refractivity contribution in [3.05, 3.63) is 59.7 Å². The Balaban J connectivity index is 1.68. The van der Waals surface area contributed by atoms with Crippen LogP contribution in [0.1, 0.15) is 43.2 Å². The van der Waals surface area contributed by atoms with Gasteiger partial charge in [-0.25, -0.2) is 4.79 Å². The Hall–Kier alpha value is -2.82. The Morgan fingerprint density at radius 2 is 1.65 bits per heavy atom. The van der Waals surface area contributed by atoms with Crippen molar-refractivity contribution in [2.24, 2.45) is 0 Å². The Morgan fingerprint density at radius 3 is 2.19 bits per heavy atom. The number of carboxylic acid groups (broad SMARTS) is 1. The molecule has 0 heterocycles. The summed E-state index contributed by atoms with van der Waals surface area (Å²) in [6.07, 6.45) is 1.15. The fourth-order valence-electron chi connectivity index (χ4n) is 3.44. The lowest BCUT2D eigenvalue weighted by Crippen LogP contribution is -2.48. The summed E-state index contributed by atoms with van der Waals surface area (Å²) in [5.41, 5.74) is 4.52. The summed E-state index contributed by atoms with van der Waals surface area (Å²) in [6.45, 7) is 2.12. The molecule has 2 aromatic carbocycles. The number of rotatable bonds is 7. The summed E-state index contributed by atoms with van der Waals surface area (Å²) < 4.78 is 5.36. The van der Waals surface area contributed by atoms with Crippen molar-refractivity contribution in [3.63, 3.8) is 0 Å². The molecule has 1 aliphatic rings. The molecule has 0 radical (unpaired) electrons. The van der Waals surface area contributed by atoms with Crippen LogP contribution in [0.4, 0.5) is 4.79 Å². The minimum atomic E-state index is -1.29. The van der Waals surface area contributed by atoms with Gasteiger partial charge in [0.25, 0.3) is 0 Å². The molecule has 26 heavy (non-hydrogen) atoms. The average Bonchev–Trinajstić information content (AvgIpc) is 2.97. The van der Waals surface area contributed by atoms with E-state index in [1.165, 1.54) is 0 Å². The van der Waals surface area contributed by atoms with Crippen molar-refractivity contribution in [2.75, 3.05) is 6.61 Å². The van der Waals surface area contributed by atoms with Crippen LogP contribution >= 0.6 is 0 Å². The first-order valence-corrected chi connectivity index (χ1v) is 8.94. The third-order valence-electron chi connectivity index (χ3n) is 4.77. The van der Waals surface area contributed by atoms with Gasteiger partial charge in [0, 0.05) is 5.92 Å². The second kappa shape index (κ2) is 8.04. The monoisotopic (exact) mass is 352 g/mol. The van der Waals surface area contributed by atoms with Gasteiger partial charge in [0.15, 0.2) is 0 Å². The van der Waals surface area contributed by atoms with Crippen molar-refractivity contribution >= 4 is 12.1 Å². The summed E-state index contributed by atoms with van der Waals surface area (Å²) in [5, 5.41) is 13.5. The van der Waals surface area contributed by atoms with Crippen molar-refractivity contribution in [1.82, 2.24) is 5.32 Å². The van der Waals surface area contributed by atoms with Gasteiger partial charge in [0.1, 0.15) is 6.61 Å². The molecule has 0 aromatic heterocycles. The highest BCUT2D eigenvalue weighted by molar-refractivity contribution is 5.80. The van der Waals surface area contributed by atoms with E-state index in [0.29, 0.717) is 12.8 Å². The number of carbonyl (C=O) groups excluding carboxylic acids is 2. The number of hydrogen-bond acceptors (Lipinski definition) is 4. The molecule has 0 fully saturated rings. The van der Waals surface area contributed by atoms with E-state index in [2.05, 4.69) is 17.4 Å². The zero-order valence-corrected chi connectivity index (χ0v) is 14.7. The molecule has 1 amide bonds. The van der Waals surface area contributed by atoms with Crippen LogP contribution in [0, 0.1) is 0 Å². The number of fused-ring (bicyclic) bond motifs is 3. The Bertz CT molecular complexity index is 757. The molecule has 1 N–H and O–H groups in total. The number of nitrogens with one attached hydrogen (secondary N) is 1. The number of ether oxygens (including phenoxy) is 1. The number of benzene rings is 2. The van der Waals surface area contributed by atoms with Crippen LogP contribution in [-0.2, 0) is 9.53 Å². The van der Waals surface area contributed by atoms with Crippen molar-refractivity contribution in [3.8, 4) is 11.1 Å². The van der Waals surface area contributed by atoms with E-state index in [4.69, 9.17) is 4.74 Å². The Labute approximate surface area is 153 Å². The van der Waals surface area contributed by atoms with Crippen molar-refractivity contribution < 1.29 is 19.4 Å². The van der Waals surface area contributed by atoms with Crippen LogP contribution in [0.5, 0.6) is 0 Å². The topological polar surface area (TPSA) is 78.5 Å². The van der Waals surface area contributed by atoms with Gasteiger partial charge in [-0.1, -0.05) is 68.3 Å². The quantitative estimate of drug-likeness (QED) is 0.831. The van der Waals surface area contributed by atoms with E-state index in [9.17, 15) is 14.7 Å². The van der Waals surface area contributed by atoms with Crippen LogP contribution in [0.25, 0.3) is 11.1 Å². The Morgan fingerprint density at radius 1 is 1.08 bits per heavy atom. The summed E-state index contributed by atoms with van der Waals surface area (Å²) in [6, 6.07) is 15.1. The van der Waals surface area contributed by atoms with Gasteiger partial charge in [-0.3, -0.25) is 0 Å². The number of carbonyl (C=O) groups is 2. The molecule has 5 heteroatoms. The smallest absolute Gasteiger partial charge is 0.407 e. The van der Waals surface area contributed by atoms with Gasteiger partial charge in [-0.15, -0.1) is 0 Å². The van der Waals surface area contributed by atoms with E-state index >= 15 is 0 Å². The maximum absolute atomic E-state index is 12.1. The van der Waals surface area contributed by atoms with Crippen LogP contribution in [0.2, 0.25) is 0 Å². The van der Waals surface area contributed by atoms with E-state index in [1.807, 2.05) is 43.3 Å². The highest BCUT2D eigenvalue weighted by atomic mass is 16.5. The number of unbranched alkanes of at least 4 members (excludes halogenated alkanes) is 1. The molecular formula is C21H22NO4-. The van der Waals surface area contributed by atoms with E-state index in [1.54, 1.807) is 0 Å². The molecule has 1 atom stereocenters. The fourth-order valence-corrected chi connectivity index (χ4v) is 3.44. The molecule has 2 aromatic rings. The number of aliphatic carboxylic acids is 1. The molecule has 0 saturated heterocycles. The standard InChI is InChI=1S/C21H23NO4/c1-2-3-12-19(20(23)24)22-21(25)26-13-18-16-10-6-4-8-14(16)15-9-5-7-11-17(15)18/h4-11,18-19H,2-3,12-13H2,1H3,(H,22,25)(H,23,24)/p-1/t19-/m1/s1. The fraction of sp³-hybridized carbons (Fsp3) is 0.333. The SMILES string of the molecule is CCCC[C@@H](NC(=O)OCC1c2ccccc2-c2ccccc21)C(=O)[O-]. The maximum atomic E-state index is 12.1. The first-order chi connectivity index (χ1) is 12.6. The number of alkyl carbamates (subject to hydrolysis) is 1. The van der Waals surface area contributed by atoms with E-state index < -0.39 is 18.1 Å². The molecule has 0 saturated carbocycles. The third kappa shape index (κ3) is 3.72. The number of amides is 1. The zero-order valence-electron chi connectivity index (χ0n) is 14.7. The molecule has 5 nitrogen and oxygen atoms in total. The predicted molar refractivity (Wildman–Crippen MR) is 96.5 cm³/mol. The van der Waals surface area contributed by atoms with E-state index in [0.717, 1.165) is 28.7 Å². The predicted octanol–water partition coefficient (Wildman–Crippen LogP) is 2.83. The van der Waals surface area contributed by atoms with Crippen LogP contribution in [0.15, 0.2) is 48.5 Å². The molecular weight excluding hydrogens is 330 g/mol. The molecule has 136 valence electrons. The molecule has 0 spiro atoms. The van der Waals surface area contributed by atoms with Gasteiger partial charge in [0.2, 0.25) is 0 Å². The third-order valence-corrected chi connectivity index (χ3v) is 4.77. The van der Waals surface area contributed by atoms with Gasteiger partial charge in [-0.05, 0) is 28.7 Å². The van der Waals surface area contributed by atoms with E-state index in [-0.39, 0.29) is 12.5 Å². The normalized spacial score (nSPS) is 13.6. The lowest BCUT2D eigenvalue weighted by molar-refractivity contribution is -0.308. The van der Waals surface area contributed by atoms with Crippen LogP contribution in [-0.4, -0.2) is 24.7 Å². The van der Waals surface area contributed by atoms with Crippen molar-refractivity contribution in [2.45, 2.75) is 38.1 Å². The first kappa shape index (κ1) is 18.0. The summed E-state index contributed by atoms with van der Waals surface area (Å²) in [5.74, 6) is -1.34. The highest BCUT2D eigenvalue weighted by Gasteiger charge is 2.29. The lowest BCUT2D eigenvalue weighted by Gasteiger charge is -2.20. The minimum Gasteiger partial charge on any atom is -0.548 e. The Kier molecular flexibility index (Phi) is 5.56. The molecule has 0 unspecified atom stereocenters. The number of hydrogen-bond donors (Lipinski definition) is 1. The summed E-state index contributed by atoms with van der Waals surface area (Å²) >= 11 is 0. The van der Waals surface area contributed by atoms with Crippen molar-refractivity contribution in [1.29, 1.82) is 0 Å². The van der Waals surface area contributed by atoms with Crippen LogP contribution < -0.4 is 10.4 Å². The zero-order chi connectivity index (χ0) is 18.5. The molecule has 1 aliphatic carbocycles.